The van der Waals surface area contributed by atoms with E-state index in [1.807, 2.05) is 51.1 Å². The summed E-state index contributed by atoms with van der Waals surface area (Å²) in [5.74, 6) is -0.171. The minimum absolute atomic E-state index is 0.171. The summed E-state index contributed by atoms with van der Waals surface area (Å²) in [6.07, 6.45) is 0. The zero-order valence-corrected chi connectivity index (χ0v) is 14.2. The van der Waals surface area contributed by atoms with Gasteiger partial charge in [0.15, 0.2) is 0 Å². The lowest BCUT2D eigenvalue weighted by molar-refractivity contribution is 0.0919. The minimum Gasteiger partial charge on any atom is -0.347 e. The van der Waals surface area contributed by atoms with Crippen LogP contribution in [0.2, 0.25) is 0 Å². The topological polar surface area (TPSA) is 70.2 Å². The molecule has 0 aliphatic carbocycles. The van der Waals surface area contributed by atoms with E-state index in [4.69, 9.17) is 0 Å². The standard InChI is InChI=1S/C19H23N3O2/c1-19(2,3)22-17(23)15-10-7-11-16(12-15)21-18(24)20-13-14-8-5-4-6-9-14/h4-12H,13H2,1-3H3,(H,22,23)(H2,20,21,24). The van der Waals surface area contributed by atoms with Gasteiger partial charge in [0.25, 0.3) is 5.91 Å². The lowest BCUT2D eigenvalue weighted by Crippen LogP contribution is -2.40. The second kappa shape index (κ2) is 7.64. The highest BCUT2D eigenvalue weighted by Gasteiger charge is 2.15. The number of carbonyl (C=O) groups is 2. The van der Waals surface area contributed by atoms with E-state index in [0.29, 0.717) is 17.8 Å². The Labute approximate surface area is 142 Å². The Hall–Kier alpha value is -2.82. The molecule has 3 amide bonds. The number of anilines is 1. The molecule has 24 heavy (non-hydrogen) atoms. The second-order valence-electron chi connectivity index (χ2n) is 6.58. The largest absolute Gasteiger partial charge is 0.347 e. The van der Waals surface area contributed by atoms with Crippen molar-refractivity contribution in [3.05, 3.63) is 65.7 Å². The first kappa shape index (κ1) is 17.5. The van der Waals surface area contributed by atoms with E-state index >= 15 is 0 Å². The molecule has 0 saturated carbocycles. The number of rotatable bonds is 4. The van der Waals surface area contributed by atoms with Gasteiger partial charge in [0.1, 0.15) is 0 Å². The number of urea groups is 1. The molecule has 0 aliphatic heterocycles. The quantitative estimate of drug-likeness (QED) is 0.805. The fraction of sp³-hybridized carbons (Fsp3) is 0.263. The molecule has 0 saturated heterocycles. The molecule has 0 heterocycles. The van der Waals surface area contributed by atoms with Crippen LogP contribution in [0.15, 0.2) is 54.6 Å². The average molecular weight is 325 g/mol. The van der Waals surface area contributed by atoms with Gasteiger partial charge in [-0.2, -0.15) is 0 Å². The van der Waals surface area contributed by atoms with Crippen LogP contribution < -0.4 is 16.0 Å². The Bertz CT molecular complexity index is 706. The first-order valence-corrected chi connectivity index (χ1v) is 7.85. The molecule has 5 heteroatoms. The lowest BCUT2D eigenvalue weighted by atomic mass is 10.1. The number of amides is 3. The third-order valence-corrected chi connectivity index (χ3v) is 3.17. The highest BCUT2D eigenvalue weighted by molar-refractivity contribution is 5.97. The zero-order chi connectivity index (χ0) is 17.6. The normalized spacial score (nSPS) is 10.8. The van der Waals surface area contributed by atoms with Crippen LogP contribution in [0.5, 0.6) is 0 Å². The van der Waals surface area contributed by atoms with Crippen molar-refractivity contribution < 1.29 is 9.59 Å². The molecule has 5 nitrogen and oxygen atoms in total. The van der Waals surface area contributed by atoms with E-state index in [0.717, 1.165) is 5.56 Å². The van der Waals surface area contributed by atoms with E-state index in [9.17, 15) is 9.59 Å². The Morgan fingerprint density at radius 2 is 1.67 bits per heavy atom. The maximum Gasteiger partial charge on any atom is 0.319 e. The molecular formula is C19H23N3O2. The summed E-state index contributed by atoms with van der Waals surface area (Å²) < 4.78 is 0. The smallest absolute Gasteiger partial charge is 0.319 e. The maximum atomic E-state index is 12.2. The summed E-state index contributed by atoms with van der Waals surface area (Å²) in [7, 11) is 0. The third-order valence-electron chi connectivity index (χ3n) is 3.17. The SMILES string of the molecule is CC(C)(C)NC(=O)c1cccc(NC(=O)NCc2ccccc2)c1. The fourth-order valence-electron chi connectivity index (χ4n) is 2.10. The predicted octanol–water partition coefficient (Wildman–Crippen LogP) is 3.54. The van der Waals surface area contributed by atoms with Gasteiger partial charge in [-0.3, -0.25) is 4.79 Å². The van der Waals surface area contributed by atoms with Crippen molar-refractivity contribution in [1.29, 1.82) is 0 Å². The molecule has 0 aliphatic rings. The number of nitrogens with one attached hydrogen (secondary N) is 3. The Balaban J connectivity index is 1.94. The summed E-state index contributed by atoms with van der Waals surface area (Å²) in [6.45, 7) is 6.20. The molecule has 2 rings (SSSR count). The van der Waals surface area contributed by atoms with Crippen LogP contribution in [0, 0.1) is 0 Å². The summed E-state index contributed by atoms with van der Waals surface area (Å²) in [6, 6.07) is 16.2. The predicted molar refractivity (Wildman–Crippen MR) is 96.0 cm³/mol. The van der Waals surface area contributed by atoms with Gasteiger partial charge < -0.3 is 16.0 Å². The van der Waals surface area contributed by atoms with Crippen LogP contribution in [0.4, 0.5) is 10.5 Å². The van der Waals surface area contributed by atoms with Crippen LogP contribution in [0.3, 0.4) is 0 Å². The molecule has 0 spiro atoms. The van der Waals surface area contributed by atoms with Gasteiger partial charge in [0.05, 0.1) is 0 Å². The molecule has 0 fully saturated rings. The summed E-state index contributed by atoms with van der Waals surface area (Å²) in [5, 5.41) is 8.42. The van der Waals surface area contributed by atoms with Crippen molar-refractivity contribution in [2.75, 3.05) is 5.32 Å². The number of hydrogen-bond acceptors (Lipinski definition) is 2. The fourth-order valence-corrected chi connectivity index (χ4v) is 2.10. The Morgan fingerprint density at radius 3 is 2.33 bits per heavy atom. The third kappa shape index (κ3) is 5.76. The molecule has 0 atom stereocenters. The summed E-state index contributed by atoms with van der Waals surface area (Å²) in [4.78, 5) is 24.1. The summed E-state index contributed by atoms with van der Waals surface area (Å²) >= 11 is 0. The van der Waals surface area contributed by atoms with Gasteiger partial charge in [0, 0.05) is 23.3 Å². The van der Waals surface area contributed by atoms with E-state index in [1.165, 1.54) is 0 Å². The van der Waals surface area contributed by atoms with Crippen LogP contribution in [-0.4, -0.2) is 17.5 Å². The molecular weight excluding hydrogens is 302 g/mol. The second-order valence-corrected chi connectivity index (χ2v) is 6.58. The molecule has 0 aromatic heterocycles. The van der Waals surface area contributed by atoms with Gasteiger partial charge in [-0.25, -0.2) is 4.79 Å². The molecule has 2 aromatic carbocycles. The van der Waals surface area contributed by atoms with Crippen LogP contribution >= 0.6 is 0 Å². The number of hydrogen-bond donors (Lipinski definition) is 3. The van der Waals surface area contributed by atoms with Crippen molar-refractivity contribution in [3.63, 3.8) is 0 Å². The van der Waals surface area contributed by atoms with E-state index in [1.54, 1.807) is 24.3 Å². The van der Waals surface area contributed by atoms with Crippen molar-refractivity contribution in [2.45, 2.75) is 32.9 Å². The summed E-state index contributed by atoms with van der Waals surface area (Å²) in [5.41, 5.74) is 1.78. The highest BCUT2D eigenvalue weighted by atomic mass is 16.2. The van der Waals surface area contributed by atoms with Crippen molar-refractivity contribution >= 4 is 17.6 Å². The van der Waals surface area contributed by atoms with Crippen LogP contribution in [-0.2, 0) is 6.54 Å². The van der Waals surface area contributed by atoms with Crippen molar-refractivity contribution in [2.24, 2.45) is 0 Å². The molecule has 2 aromatic rings. The van der Waals surface area contributed by atoms with Crippen molar-refractivity contribution in [1.82, 2.24) is 10.6 Å². The van der Waals surface area contributed by atoms with Gasteiger partial charge in [-0.15, -0.1) is 0 Å². The number of benzene rings is 2. The van der Waals surface area contributed by atoms with Crippen LogP contribution in [0.25, 0.3) is 0 Å². The molecule has 0 unspecified atom stereocenters. The van der Waals surface area contributed by atoms with Gasteiger partial charge in [-0.05, 0) is 44.5 Å². The monoisotopic (exact) mass is 325 g/mol. The van der Waals surface area contributed by atoms with E-state index < -0.39 is 0 Å². The minimum atomic E-state index is -0.313. The zero-order valence-electron chi connectivity index (χ0n) is 14.2. The van der Waals surface area contributed by atoms with Crippen molar-refractivity contribution in [3.8, 4) is 0 Å². The Kier molecular flexibility index (Phi) is 5.58. The van der Waals surface area contributed by atoms with Crippen LogP contribution in [0.1, 0.15) is 36.7 Å². The first-order chi connectivity index (χ1) is 11.3. The average Bonchev–Trinajstić information content (AvgIpc) is 2.52. The van der Waals surface area contributed by atoms with Gasteiger partial charge in [-0.1, -0.05) is 36.4 Å². The Morgan fingerprint density at radius 1 is 0.958 bits per heavy atom. The highest BCUT2D eigenvalue weighted by Crippen LogP contribution is 2.12. The molecule has 0 bridgehead atoms. The van der Waals surface area contributed by atoms with E-state index in [-0.39, 0.29) is 17.5 Å². The lowest BCUT2D eigenvalue weighted by Gasteiger charge is -2.20. The van der Waals surface area contributed by atoms with Gasteiger partial charge in [0.2, 0.25) is 0 Å². The molecule has 3 N–H and O–H groups in total. The van der Waals surface area contributed by atoms with E-state index in [2.05, 4.69) is 16.0 Å². The maximum absolute atomic E-state index is 12.2. The number of carbonyl (C=O) groups excluding carboxylic acids is 2. The van der Waals surface area contributed by atoms with Gasteiger partial charge >= 0.3 is 6.03 Å². The molecule has 126 valence electrons. The first-order valence-electron chi connectivity index (χ1n) is 7.85. The molecule has 0 radical (unpaired) electrons.